The summed E-state index contributed by atoms with van der Waals surface area (Å²) in [4.78, 5) is 0. The molecule has 0 unspecified atom stereocenters. The van der Waals surface area contributed by atoms with Crippen molar-refractivity contribution < 1.29 is 0 Å². The Balaban J connectivity index is 2.60. The minimum Gasteiger partial charge on any atom is -0.399 e. The number of anilines is 2. The second-order valence-electron chi connectivity index (χ2n) is 2.13. The standard InChI is InChI=1S/C8H9N3/c9-5-6-11-8-3-1-7(10)2-4-8/h1-4,11H,6,10H2. The molecule has 0 aliphatic heterocycles. The average molecular weight is 147 g/mol. The van der Waals surface area contributed by atoms with E-state index in [1.54, 1.807) is 12.1 Å². The molecule has 0 atom stereocenters. The molecule has 0 spiro atoms. The van der Waals surface area contributed by atoms with Gasteiger partial charge in [0.15, 0.2) is 0 Å². The van der Waals surface area contributed by atoms with Crippen molar-refractivity contribution >= 4 is 11.4 Å². The van der Waals surface area contributed by atoms with Crippen LogP contribution < -0.4 is 11.1 Å². The Hall–Kier alpha value is -1.69. The van der Waals surface area contributed by atoms with E-state index < -0.39 is 0 Å². The smallest absolute Gasteiger partial charge is 0.103 e. The molecule has 0 fully saturated rings. The molecule has 0 bridgehead atoms. The number of nitrogens with one attached hydrogen (secondary N) is 1. The van der Waals surface area contributed by atoms with Crippen molar-refractivity contribution in [1.82, 2.24) is 0 Å². The first-order chi connectivity index (χ1) is 5.33. The lowest BCUT2D eigenvalue weighted by Gasteiger charge is -2.00. The maximum absolute atomic E-state index is 8.24. The molecule has 0 heterocycles. The highest BCUT2D eigenvalue weighted by Gasteiger charge is 1.88. The third-order valence-corrected chi connectivity index (χ3v) is 1.28. The number of nitrogens with two attached hydrogens (primary N) is 1. The van der Waals surface area contributed by atoms with E-state index in [0.717, 1.165) is 11.4 Å². The van der Waals surface area contributed by atoms with Gasteiger partial charge < -0.3 is 11.1 Å². The summed E-state index contributed by atoms with van der Waals surface area (Å²) >= 11 is 0. The zero-order valence-corrected chi connectivity index (χ0v) is 6.04. The number of nitriles is 1. The molecule has 11 heavy (non-hydrogen) atoms. The van der Waals surface area contributed by atoms with Crippen LogP contribution >= 0.6 is 0 Å². The Morgan fingerprint density at radius 2 is 2.00 bits per heavy atom. The maximum atomic E-state index is 8.24. The number of nitrogen functional groups attached to an aromatic ring is 1. The van der Waals surface area contributed by atoms with Crippen LogP contribution in [0.3, 0.4) is 0 Å². The van der Waals surface area contributed by atoms with Crippen molar-refractivity contribution in [2.75, 3.05) is 17.6 Å². The lowest BCUT2D eigenvalue weighted by atomic mass is 10.3. The van der Waals surface area contributed by atoms with Gasteiger partial charge in [0, 0.05) is 11.4 Å². The van der Waals surface area contributed by atoms with Gasteiger partial charge in [-0.3, -0.25) is 0 Å². The van der Waals surface area contributed by atoms with Crippen LogP contribution in [-0.2, 0) is 0 Å². The second kappa shape index (κ2) is 3.47. The van der Waals surface area contributed by atoms with E-state index in [1.807, 2.05) is 18.2 Å². The highest BCUT2D eigenvalue weighted by atomic mass is 14.9. The van der Waals surface area contributed by atoms with Crippen molar-refractivity contribution in [2.45, 2.75) is 0 Å². The zero-order chi connectivity index (χ0) is 8.10. The van der Waals surface area contributed by atoms with Crippen LogP contribution in [0.4, 0.5) is 11.4 Å². The fraction of sp³-hybridized carbons (Fsp3) is 0.125. The molecule has 0 radical (unpaired) electrons. The highest BCUT2D eigenvalue weighted by Crippen LogP contribution is 2.09. The van der Waals surface area contributed by atoms with Crippen LogP contribution in [0.15, 0.2) is 24.3 Å². The molecule has 0 amide bonds. The lowest BCUT2D eigenvalue weighted by molar-refractivity contribution is 1.32. The quantitative estimate of drug-likeness (QED) is 0.488. The largest absolute Gasteiger partial charge is 0.399 e. The van der Waals surface area contributed by atoms with E-state index in [1.165, 1.54) is 0 Å². The molecule has 56 valence electrons. The van der Waals surface area contributed by atoms with Crippen molar-refractivity contribution in [3.8, 4) is 6.07 Å². The van der Waals surface area contributed by atoms with E-state index in [2.05, 4.69) is 5.32 Å². The summed E-state index contributed by atoms with van der Waals surface area (Å²) in [6.45, 7) is 0.323. The molecule has 0 saturated heterocycles. The van der Waals surface area contributed by atoms with Gasteiger partial charge in [0.1, 0.15) is 6.54 Å². The van der Waals surface area contributed by atoms with Crippen LogP contribution in [0, 0.1) is 11.3 Å². The van der Waals surface area contributed by atoms with E-state index in [4.69, 9.17) is 11.0 Å². The van der Waals surface area contributed by atoms with Crippen molar-refractivity contribution in [3.63, 3.8) is 0 Å². The minimum absolute atomic E-state index is 0.323. The Morgan fingerprint density at radius 3 is 2.55 bits per heavy atom. The second-order valence-corrected chi connectivity index (χ2v) is 2.13. The fourth-order valence-corrected chi connectivity index (χ4v) is 0.743. The first-order valence-electron chi connectivity index (χ1n) is 3.29. The fourth-order valence-electron chi connectivity index (χ4n) is 0.743. The first kappa shape index (κ1) is 7.42. The zero-order valence-electron chi connectivity index (χ0n) is 6.04. The van der Waals surface area contributed by atoms with Gasteiger partial charge in [-0.25, -0.2) is 0 Å². The van der Waals surface area contributed by atoms with E-state index >= 15 is 0 Å². The summed E-state index contributed by atoms with van der Waals surface area (Å²) in [5, 5.41) is 11.1. The maximum Gasteiger partial charge on any atom is 0.103 e. The summed E-state index contributed by atoms with van der Waals surface area (Å²) < 4.78 is 0. The minimum atomic E-state index is 0.323. The molecule has 1 rings (SSSR count). The van der Waals surface area contributed by atoms with E-state index in [9.17, 15) is 0 Å². The number of benzene rings is 1. The number of nitrogens with zero attached hydrogens (tertiary/aromatic N) is 1. The highest BCUT2D eigenvalue weighted by molar-refractivity contribution is 5.51. The van der Waals surface area contributed by atoms with Gasteiger partial charge in [-0.05, 0) is 24.3 Å². The van der Waals surface area contributed by atoms with E-state index in [0.29, 0.717) is 6.54 Å². The Kier molecular flexibility index (Phi) is 2.34. The van der Waals surface area contributed by atoms with Crippen molar-refractivity contribution in [3.05, 3.63) is 24.3 Å². The number of hydrogen-bond acceptors (Lipinski definition) is 3. The molecule has 0 saturated carbocycles. The summed E-state index contributed by atoms with van der Waals surface area (Å²) in [7, 11) is 0. The molecular formula is C8H9N3. The van der Waals surface area contributed by atoms with Crippen LogP contribution in [0.5, 0.6) is 0 Å². The summed E-state index contributed by atoms with van der Waals surface area (Å²) in [5.74, 6) is 0. The summed E-state index contributed by atoms with van der Waals surface area (Å²) in [5.41, 5.74) is 7.11. The SMILES string of the molecule is N#CCNc1ccc(N)cc1. The molecule has 3 heteroatoms. The predicted octanol–water partition coefficient (Wildman–Crippen LogP) is 1.20. The third-order valence-electron chi connectivity index (χ3n) is 1.28. The van der Waals surface area contributed by atoms with Gasteiger partial charge in [-0.15, -0.1) is 0 Å². The normalized spacial score (nSPS) is 8.64. The van der Waals surface area contributed by atoms with Gasteiger partial charge in [-0.2, -0.15) is 5.26 Å². The van der Waals surface area contributed by atoms with Gasteiger partial charge in [0.2, 0.25) is 0 Å². The summed E-state index contributed by atoms with van der Waals surface area (Å²) in [6.07, 6.45) is 0. The molecule has 1 aromatic carbocycles. The average Bonchev–Trinajstić information content (AvgIpc) is 2.04. The van der Waals surface area contributed by atoms with Gasteiger partial charge >= 0.3 is 0 Å². The molecule has 0 aliphatic rings. The first-order valence-corrected chi connectivity index (χ1v) is 3.29. The molecule has 3 N–H and O–H groups in total. The van der Waals surface area contributed by atoms with Crippen molar-refractivity contribution in [1.29, 1.82) is 5.26 Å². The van der Waals surface area contributed by atoms with E-state index in [-0.39, 0.29) is 0 Å². The van der Waals surface area contributed by atoms with Crippen LogP contribution in [0.1, 0.15) is 0 Å². The predicted molar refractivity (Wildman–Crippen MR) is 45.0 cm³/mol. The Morgan fingerprint density at radius 1 is 1.36 bits per heavy atom. The van der Waals surface area contributed by atoms with Crippen LogP contribution in [0.2, 0.25) is 0 Å². The third kappa shape index (κ3) is 2.18. The molecule has 0 aromatic heterocycles. The van der Waals surface area contributed by atoms with Gasteiger partial charge in [-0.1, -0.05) is 0 Å². The molecular weight excluding hydrogens is 138 g/mol. The summed E-state index contributed by atoms with van der Waals surface area (Å²) in [6, 6.07) is 9.25. The van der Waals surface area contributed by atoms with Gasteiger partial charge in [0.05, 0.1) is 6.07 Å². The van der Waals surface area contributed by atoms with Crippen molar-refractivity contribution in [2.24, 2.45) is 0 Å². The molecule has 0 aliphatic carbocycles. The molecule has 1 aromatic rings. The monoisotopic (exact) mass is 147 g/mol. The van der Waals surface area contributed by atoms with Crippen LogP contribution in [0.25, 0.3) is 0 Å². The lowest BCUT2D eigenvalue weighted by Crippen LogP contribution is -1.97. The number of hydrogen-bond donors (Lipinski definition) is 2. The molecule has 3 nitrogen and oxygen atoms in total. The Labute approximate surface area is 65.4 Å². The number of rotatable bonds is 2. The van der Waals surface area contributed by atoms with Gasteiger partial charge in [0.25, 0.3) is 0 Å². The topological polar surface area (TPSA) is 61.8 Å². The Bertz CT molecular complexity index is 258. The van der Waals surface area contributed by atoms with Crippen LogP contribution in [-0.4, -0.2) is 6.54 Å².